The van der Waals surface area contributed by atoms with Crippen molar-refractivity contribution in [3.8, 4) is 5.75 Å². The summed E-state index contributed by atoms with van der Waals surface area (Å²) in [7, 11) is -0.701. The number of hydrogen-bond donors (Lipinski definition) is 0. The highest BCUT2D eigenvalue weighted by atomic mass is 32.2. The third-order valence-electron chi connectivity index (χ3n) is 3.15. The topological polar surface area (TPSA) is 69.7 Å². The molecule has 1 aromatic rings. The molecule has 0 bridgehead atoms. The van der Waals surface area contributed by atoms with Crippen molar-refractivity contribution in [2.45, 2.75) is 23.7 Å². The van der Waals surface area contributed by atoms with Crippen LogP contribution < -0.4 is 4.74 Å². The van der Waals surface area contributed by atoms with E-state index in [1.807, 2.05) is 0 Å². The number of sulfone groups is 1. The zero-order chi connectivity index (χ0) is 14.2. The number of benzene rings is 1. The zero-order valence-corrected chi connectivity index (χ0v) is 11.9. The van der Waals surface area contributed by atoms with Gasteiger partial charge in [0.15, 0.2) is 9.84 Å². The Labute approximate surface area is 112 Å². The molecule has 0 heterocycles. The maximum absolute atomic E-state index is 11.9. The highest BCUT2D eigenvalue weighted by molar-refractivity contribution is 7.90. The van der Waals surface area contributed by atoms with E-state index in [2.05, 4.69) is 4.74 Å². The van der Waals surface area contributed by atoms with Gasteiger partial charge >= 0.3 is 5.97 Å². The Morgan fingerprint density at radius 1 is 1.26 bits per heavy atom. The van der Waals surface area contributed by atoms with Gasteiger partial charge in [-0.3, -0.25) is 0 Å². The molecule has 0 saturated heterocycles. The van der Waals surface area contributed by atoms with Crippen LogP contribution in [0.5, 0.6) is 5.75 Å². The molecular formula is C13H16O5S. The van der Waals surface area contributed by atoms with Gasteiger partial charge in [0.1, 0.15) is 11.3 Å². The van der Waals surface area contributed by atoms with Crippen LogP contribution in [0.25, 0.3) is 0 Å². The van der Waals surface area contributed by atoms with E-state index in [1.54, 1.807) is 6.07 Å². The van der Waals surface area contributed by atoms with Crippen molar-refractivity contribution in [2.24, 2.45) is 0 Å². The van der Waals surface area contributed by atoms with Gasteiger partial charge < -0.3 is 9.47 Å². The molecule has 0 radical (unpaired) electrons. The highest BCUT2D eigenvalue weighted by Gasteiger charge is 2.31. The van der Waals surface area contributed by atoms with E-state index in [1.165, 1.54) is 20.3 Å². The van der Waals surface area contributed by atoms with E-state index in [0.717, 1.165) is 24.7 Å². The molecule has 5 nitrogen and oxygen atoms in total. The predicted molar refractivity (Wildman–Crippen MR) is 69.4 cm³/mol. The average Bonchev–Trinajstić information content (AvgIpc) is 3.19. The molecule has 104 valence electrons. The number of carbonyl (C=O) groups is 1. The van der Waals surface area contributed by atoms with Crippen molar-refractivity contribution in [1.29, 1.82) is 0 Å². The molecule has 0 spiro atoms. The lowest BCUT2D eigenvalue weighted by molar-refractivity contribution is 0.0596. The molecule has 1 aliphatic carbocycles. The first-order valence-corrected chi connectivity index (χ1v) is 7.78. The minimum absolute atomic E-state index is 0.134. The van der Waals surface area contributed by atoms with Crippen molar-refractivity contribution >= 4 is 15.8 Å². The summed E-state index contributed by atoms with van der Waals surface area (Å²) in [4.78, 5) is 11.9. The predicted octanol–water partition coefficient (Wildman–Crippen LogP) is 1.76. The monoisotopic (exact) mass is 284 g/mol. The fraction of sp³-hybridized carbons (Fsp3) is 0.462. The Bertz CT molecular complexity index is 614. The smallest absolute Gasteiger partial charge is 0.341 e. The molecule has 0 N–H and O–H groups in total. The van der Waals surface area contributed by atoms with Gasteiger partial charge in [-0.25, -0.2) is 13.2 Å². The van der Waals surface area contributed by atoms with Crippen molar-refractivity contribution in [2.75, 3.05) is 20.5 Å². The normalized spacial score (nSPS) is 15.1. The van der Waals surface area contributed by atoms with Gasteiger partial charge in [-0.05, 0) is 36.5 Å². The standard InChI is InChI=1S/C13H16O5S/c1-17-11-6-9(8-4-5-8)12(19(3,15)16)7-10(11)13(14)18-2/h6-8H,4-5H2,1-3H3. The van der Waals surface area contributed by atoms with Gasteiger partial charge in [0.25, 0.3) is 0 Å². The van der Waals surface area contributed by atoms with Crippen LogP contribution in [0.2, 0.25) is 0 Å². The Kier molecular flexibility index (Phi) is 3.54. The largest absolute Gasteiger partial charge is 0.496 e. The van der Waals surface area contributed by atoms with E-state index in [-0.39, 0.29) is 16.4 Å². The molecular weight excluding hydrogens is 268 g/mol. The second-order valence-electron chi connectivity index (χ2n) is 4.63. The van der Waals surface area contributed by atoms with Gasteiger partial charge in [0.2, 0.25) is 0 Å². The number of hydrogen-bond acceptors (Lipinski definition) is 5. The van der Waals surface area contributed by atoms with E-state index < -0.39 is 15.8 Å². The van der Waals surface area contributed by atoms with E-state index >= 15 is 0 Å². The van der Waals surface area contributed by atoms with E-state index in [9.17, 15) is 13.2 Å². The maximum Gasteiger partial charge on any atom is 0.341 e. The molecule has 0 aliphatic heterocycles. The summed E-state index contributed by atoms with van der Waals surface area (Å²) < 4.78 is 33.5. The van der Waals surface area contributed by atoms with Gasteiger partial charge in [-0.15, -0.1) is 0 Å². The Morgan fingerprint density at radius 3 is 2.32 bits per heavy atom. The summed E-state index contributed by atoms with van der Waals surface area (Å²) in [5.74, 6) is -0.0180. The van der Waals surface area contributed by atoms with Gasteiger partial charge in [-0.1, -0.05) is 0 Å². The number of esters is 1. The Hall–Kier alpha value is -1.56. The first-order valence-electron chi connectivity index (χ1n) is 5.88. The van der Waals surface area contributed by atoms with Crippen LogP contribution in [0.1, 0.15) is 34.7 Å². The summed E-state index contributed by atoms with van der Waals surface area (Å²) in [6.45, 7) is 0. The van der Waals surface area contributed by atoms with E-state index in [4.69, 9.17) is 4.74 Å². The molecule has 1 saturated carbocycles. The molecule has 2 rings (SSSR count). The first-order chi connectivity index (χ1) is 8.88. The van der Waals surface area contributed by atoms with Crippen LogP contribution in [0.3, 0.4) is 0 Å². The second kappa shape index (κ2) is 4.85. The second-order valence-corrected chi connectivity index (χ2v) is 6.61. The van der Waals surface area contributed by atoms with Gasteiger partial charge in [-0.2, -0.15) is 0 Å². The molecule has 0 amide bonds. The quantitative estimate of drug-likeness (QED) is 0.788. The Balaban J connectivity index is 2.67. The van der Waals surface area contributed by atoms with E-state index in [0.29, 0.717) is 5.75 Å². The summed E-state index contributed by atoms with van der Waals surface area (Å²) in [6, 6.07) is 2.99. The van der Waals surface area contributed by atoms with Crippen LogP contribution in [0, 0.1) is 0 Å². The summed E-state index contributed by atoms with van der Waals surface area (Å²) in [5.41, 5.74) is 0.863. The summed E-state index contributed by atoms with van der Waals surface area (Å²) >= 11 is 0. The molecule has 0 aromatic heterocycles. The maximum atomic E-state index is 11.9. The number of methoxy groups -OCH3 is 2. The summed E-state index contributed by atoms with van der Waals surface area (Å²) in [6.07, 6.45) is 3.06. The molecule has 1 fully saturated rings. The lowest BCUT2D eigenvalue weighted by atomic mass is 10.1. The lowest BCUT2D eigenvalue weighted by Crippen LogP contribution is -2.09. The number of ether oxygens (including phenoxy) is 2. The fourth-order valence-corrected chi connectivity index (χ4v) is 3.03. The summed E-state index contributed by atoms with van der Waals surface area (Å²) in [5, 5.41) is 0. The van der Waals surface area contributed by atoms with Crippen LogP contribution >= 0.6 is 0 Å². The first kappa shape index (κ1) is 13.9. The average molecular weight is 284 g/mol. The molecule has 6 heteroatoms. The van der Waals surface area contributed by atoms with Gasteiger partial charge in [0, 0.05) is 6.26 Å². The minimum Gasteiger partial charge on any atom is -0.496 e. The number of rotatable bonds is 4. The van der Waals surface area contributed by atoms with Crippen molar-refractivity contribution in [3.05, 3.63) is 23.3 Å². The molecule has 0 atom stereocenters. The zero-order valence-electron chi connectivity index (χ0n) is 11.1. The SMILES string of the molecule is COC(=O)c1cc(S(C)(=O)=O)c(C2CC2)cc1OC. The number of carbonyl (C=O) groups excluding carboxylic acids is 1. The van der Waals surface area contributed by atoms with Gasteiger partial charge in [0.05, 0.1) is 19.1 Å². The minimum atomic E-state index is -3.39. The molecule has 1 aliphatic rings. The molecule has 19 heavy (non-hydrogen) atoms. The Morgan fingerprint density at radius 2 is 1.89 bits per heavy atom. The van der Waals surface area contributed by atoms with Crippen LogP contribution in [-0.4, -0.2) is 34.9 Å². The van der Waals surface area contributed by atoms with Crippen molar-refractivity contribution in [3.63, 3.8) is 0 Å². The third-order valence-corrected chi connectivity index (χ3v) is 4.31. The van der Waals surface area contributed by atoms with Crippen LogP contribution in [-0.2, 0) is 14.6 Å². The van der Waals surface area contributed by atoms with Crippen LogP contribution in [0.15, 0.2) is 17.0 Å². The molecule has 1 aromatic carbocycles. The van der Waals surface area contributed by atoms with Crippen molar-refractivity contribution in [1.82, 2.24) is 0 Å². The van der Waals surface area contributed by atoms with Crippen molar-refractivity contribution < 1.29 is 22.7 Å². The highest BCUT2D eigenvalue weighted by Crippen LogP contribution is 2.45. The van der Waals surface area contributed by atoms with Crippen LogP contribution in [0.4, 0.5) is 0 Å². The third kappa shape index (κ3) is 2.73. The fourth-order valence-electron chi connectivity index (χ4n) is 2.05. The molecule has 0 unspecified atom stereocenters. The lowest BCUT2D eigenvalue weighted by Gasteiger charge is -2.13.